The largest absolute Gasteiger partial charge is 0.380 e. The van der Waals surface area contributed by atoms with Gasteiger partial charge in [-0.2, -0.15) is 0 Å². The maximum atomic E-state index is 12.7. The van der Waals surface area contributed by atoms with Crippen LogP contribution in [0.1, 0.15) is 22.0 Å². The SMILES string of the molecule is O=C(c1ccc(F)cc1)[C@H](O)c1ccc(F)cc1. The highest BCUT2D eigenvalue weighted by molar-refractivity contribution is 5.99. The van der Waals surface area contributed by atoms with E-state index in [2.05, 4.69) is 0 Å². The zero-order chi connectivity index (χ0) is 13.1. The van der Waals surface area contributed by atoms with Gasteiger partial charge in [-0.05, 0) is 42.0 Å². The molecule has 2 rings (SSSR count). The van der Waals surface area contributed by atoms with Crippen molar-refractivity contribution >= 4 is 5.78 Å². The minimum Gasteiger partial charge on any atom is -0.380 e. The Bertz CT molecular complexity index is 547. The van der Waals surface area contributed by atoms with Crippen molar-refractivity contribution in [3.05, 3.63) is 71.3 Å². The van der Waals surface area contributed by atoms with Crippen LogP contribution in [0, 0.1) is 11.6 Å². The molecular formula is C14H10F2O2. The first kappa shape index (κ1) is 12.4. The first-order valence-corrected chi connectivity index (χ1v) is 5.31. The first-order chi connectivity index (χ1) is 8.58. The third-order valence-electron chi connectivity index (χ3n) is 2.56. The fourth-order valence-electron chi connectivity index (χ4n) is 1.57. The quantitative estimate of drug-likeness (QED) is 0.848. The first-order valence-electron chi connectivity index (χ1n) is 5.31. The number of hydrogen-bond acceptors (Lipinski definition) is 2. The molecule has 0 aliphatic rings. The Labute approximate surface area is 103 Å². The maximum Gasteiger partial charge on any atom is 0.195 e. The summed E-state index contributed by atoms with van der Waals surface area (Å²) in [6.07, 6.45) is -1.38. The normalized spacial score (nSPS) is 12.2. The van der Waals surface area contributed by atoms with Gasteiger partial charge in [0.2, 0.25) is 0 Å². The molecule has 1 N–H and O–H groups in total. The summed E-state index contributed by atoms with van der Waals surface area (Å²) in [4.78, 5) is 11.9. The molecule has 0 spiro atoms. The summed E-state index contributed by atoms with van der Waals surface area (Å²) in [6.45, 7) is 0. The number of aliphatic hydroxyl groups is 1. The third-order valence-corrected chi connectivity index (χ3v) is 2.56. The Morgan fingerprint density at radius 2 is 1.33 bits per heavy atom. The highest BCUT2D eigenvalue weighted by Crippen LogP contribution is 2.19. The van der Waals surface area contributed by atoms with Gasteiger partial charge in [-0.3, -0.25) is 4.79 Å². The van der Waals surface area contributed by atoms with Crippen LogP contribution < -0.4 is 0 Å². The zero-order valence-electron chi connectivity index (χ0n) is 9.31. The van der Waals surface area contributed by atoms with Crippen LogP contribution in [-0.2, 0) is 0 Å². The minimum absolute atomic E-state index is 0.202. The number of halogens is 2. The average molecular weight is 248 g/mol. The minimum atomic E-state index is -1.38. The zero-order valence-corrected chi connectivity index (χ0v) is 9.31. The summed E-state index contributed by atoms with van der Waals surface area (Å²) < 4.78 is 25.4. The Morgan fingerprint density at radius 3 is 1.83 bits per heavy atom. The second-order valence-corrected chi connectivity index (χ2v) is 3.83. The predicted molar refractivity (Wildman–Crippen MR) is 62.1 cm³/mol. The van der Waals surface area contributed by atoms with E-state index in [4.69, 9.17) is 0 Å². The lowest BCUT2D eigenvalue weighted by atomic mass is 10.00. The molecule has 0 aromatic heterocycles. The van der Waals surface area contributed by atoms with E-state index >= 15 is 0 Å². The van der Waals surface area contributed by atoms with Gasteiger partial charge in [0.25, 0.3) is 0 Å². The van der Waals surface area contributed by atoms with E-state index in [-0.39, 0.29) is 5.56 Å². The Morgan fingerprint density at radius 1 is 0.889 bits per heavy atom. The van der Waals surface area contributed by atoms with Gasteiger partial charge < -0.3 is 5.11 Å². The Kier molecular flexibility index (Phi) is 3.48. The summed E-state index contributed by atoms with van der Waals surface area (Å²) in [5, 5.41) is 9.84. The molecule has 0 saturated carbocycles. The highest BCUT2D eigenvalue weighted by Gasteiger charge is 2.19. The summed E-state index contributed by atoms with van der Waals surface area (Å²) in [6, 6.07) is 9.87. The van der Waals surface area contributed by atoms with E-state index in [0.29, 0.717) is 5.56 Å². The van der Waals surface area contributed by atoms with Gasteiger partial charge in [0.15, 0.2) is 5.78 Å². The van der Waals surface area contributed by atoms with Crippen LogP contribution in [0.15, 0.2) is 48.5 Å². The molecule has 0 aliphatic carbocycles. The monoisotopic (exact) mass is 248 g/mol. The molecule has 0 heterocycles. The number of rotatable bonds is 3. The lowest BCUT2D eigenvalue weighted by Gasteiger charge is -2.09. The van der Waals surface area contributed by atoms with E-state index in [1.165, 1.54) is 24.3 Å². The van der Waals surface area contributed by atoms with Gasteiger partial charge in [-0.15, -0.1) is 0 Å². The average Bonchev–Trinajstić information content (AvgIpc) is 2.39. The standard InChI is InChI=1S/C14H10F2O2/c15-11-5-1-9(2-6-11)13(17)14(18)10-3-7-12(16)8-4-10/h1-8,13,17H/t13-/m1/s1. The van der Waals surface area contributed by atoms with Crippen molar-refractivity contribution in [1.29, 1.82) is 0 Å². The van der Waals surface area contributed by atoms with Crippen LogP contribution in [-0.4, -0.2) is 10.9 Å². The summed E-state index contributed by atoms with van der Waals surface area (Å²) in [5.41, 5.74) is 0.499. The second-order valence-electron chi connectivity index (χ2n) is 3.83. The van der Waals surface area contributed by atoms with Crippen LogP contribution in [0.4, 0.5) is 8.78 Å². The van der Waals surface area contributed by atoms with Crippen LogP contribution in [0.2, 0.25) is 0 Å². The highest BCUT2D eigenvalue weighted by atomic mass is 19.1. The van der Waals surface area contributed by atoms with Gasteiger partial charge >= 0.3 is 0 Å². The molecule has 2 aromatic carbocycles. The van der Waals surface area contributed by atoms with Crippen LogP contribution >= 0.6 is 0 Å². The second kappa shape index (κ2) is 5.06. The molecule has 4 heteroatoms. The number of carbonyl (C=O) groups is 1. The lowest BCUT2D eigenvalue weighted by molar-refractivity contribution is 0.0747. The molecule has 0 amide bonds. The molecule has 0 saturated heterocycles. The van der Waals surface area contributed by atoms with Gasteiger partial charge in [-0.25, -0.2) is 8.78 Å². The lowest BCUT2D eigenvalue weighted by Crippen LogP contribution is -2.12. The third kappa shape index (κ3) is 2.60. The summed E-state index contributed by atoms with van der Waals surface area (Å²) in [5.74, 6) is -1.45. The van der Waals surface area contributed by atoms with E-state index in [9.17, 15) is 18.7 Å². The molecule has 18 heavy (non-hydrogen) atoms. The van der Waals surface area contributed by atoms with Gasteiger partial charge in [0.05, 0.1) is 0 Å². The number of Topliss-reactive ketones (excluding diaryl/α,β-unsaturated/α-hetero) is 1. The van der Waals surface area contributed by atoms with Crippen molar-refractivity contribution in [2.45, 2.75) is 6.10 Å². The molecule has 92 valence electrons. The molecule has 0 unspecified atom stereocenters. The Hall–Kier alpha value is -2.07. The molecule has 2 nitrogen and oxygen atoms in total. The molecular weight excluding hydrogens is 238 g/mol. The number of benzene rings is 2. The maximum absolute atomic E-state index is 12.7. The molecule has 0 radical (unpaired) electrons. The van der Waals surface area contributed by atoms with Crippen LogP contribution in [0.5, 0.6) is 0 Å². The van der Waals surface area contributed by atoms with Crippen LogP contribution in [0.25, 0.3) is 0 Å². The molecule has 0 fully saturated rings. The van der Waals surface area contributed by atoms with Crippen molar-refractivity contribution in [1.82, 2.24) is 0 Å². The molecule has 0 aliphatic heterocycles. The number of ketones is 1. The van der Waals surface area contributed by atoms with Crippen molar-refractivity contribution in [3.63, 3.8) is 0 Å². The topological polar surface area (TPSA) is 37.3 Å². The van der Waals surface area contributed by atoms with Crippen molar-refractivity contribution < 1.29 is 18.7 Å². The summed E-state index contributed by atoms with van der Waals surface area (Å²) >= 11 is 0. The van der Waals surface area contributed by atoms with E-state index in [1.807, 2.05) is 0 Å². The number of aliphatic hydroxyl groups excluding tert-OH is 1. The van der Waals surface area contributed by atoms with Gasteiger partial charge in [-0.1, -0.05) is 12.1 Å². The summed E-state index contributed by atoms with van der Waals surface area (Å²) in [7, 11) is 0. The molecule has 1 atom stereocenters. The van der Waals surface area contributed by atoms with Gasteiger partial charge in [0.1, 0.15) is 17.7 Å². The van der Waals surface area contributed by atoms with E-state index in [0.717, 1.165) is 24.3 Å². The smallest absolute Gasteiger partial charge is 0.195 e. The fraction of sp³-hybridized carbons (Fsp3) is 0.0714. The van der Waals surface area contributed by atoms with Crippen LogP contribution in [0.3, 0.4) is 0 Å². The molecule has 0 bridgehead atoms. The van der Waals surface area contributed by atoms with E-state index < -0.39 is 23.5 Å². The number of hydrogen-bond donors (Lipinski definition) is 1. The fourth-order valence-corrected chi connectivity index (χ4v) is 1.57. The molecule has 2 aromatic rings. The van der Waals surface area contributed by atoms with Crippen molar-refractivity contribution in [3.8, 4) is 0 Å². The number of carbonyl (C=O) groups excluding carboxylic acids is 1. The van der Waals surface area contributed by atoms with Gasteiger partial charge in [0, 0.05) is 5.56 Å². The van der Waals surface area contributed by atoms with E-state index in [1.54, 1.807) is 0 Å². The van der Waals surface area contributed by atoms with Crippen molar-refractivity contribution in [2.75, 3.05) is 0 Å². The Balaban J connectivity index is 2.23. The predicted octanol–water partition coefficient (Wildman–Crippen LogP) is 2.88. The van der Waals surface area contributed by atoms with Crippen molar-refractivity contribution in [2.24, 2.45) is 0 Å².